The molecule has 7 nitrogen and oxygen atoms in total. The van der Waals surface area contributed by atoms with Gasteiger partial charge >= 0.3 is 11.9 Å². The van der Waals surface area contributed by atoms with Gasteiger partial charge in [-0.2, -0.15) is 0 Å². The van der Waals surface area contributed by atoms with Crippen LogP contribution in [-0.4, -0.2) is 55.0 Å². The number of benzene rings is 1. The zero-order valence-electron chi connectivity index (χ0n) is 16.0. The maximum atomic E-state index is 12.4. The van der Waals surface area contributed by atoms with Gasteiger partial charge in [0.25, 0.3) is 0 Å². The van der Waals surface area contributed by atoms with E-state index in [9.17, 15) is 9.59 Å². The predicted molar refractivity (Wildman–Crippen MR) is 107 cm³/mol. The Kier molecular flexibility index (Phi) is 6.41. The van der Waals surface area contributed by atoms with E-state index < -0.39 is 29.9 Å². The van der Waals surface area contributed by atoms with Crippen LogP contribution in [0.4, 0.5) is 0 Å². The molecule has 0 saturated carbocycles. The number of carbonyl (C=O) groups excluding carboxylic acids is 2. The van der Waals surface area contributed by atoms with Gasteiger partial charge in [-0.15, -0.1) is 6.58 Å². The van der Waals surface area contributed by atoms with Crippen LogP contribution < -0.4 is 9.47 Å². The van der Waals surface area contributed by atoms with Crippen molar-refractivity contribution in [1.82, 2.24) is 4.90 Å². The molecule has 156 valence electrons. The number of likely N-dealkylation sites (tertiary alicyclic amines) is 1. The van der Waals surface area contributed by atoms with Crippen molar-refractivity contribution in [3.05, 3.63) is 47.0 Å². The molecule has 3 unspecified atom stereocenters. The highest BCUT2D eigenvalue weighted by Crippen LogP contribution is 2.43. The van der Waals surface area contributed by atoms with Crippen LogP contribution in [0.2, 0.25) is 10.0 Å². The quantitative estimate of drug-likeness (QED) is 0.494. The van der Waals surface area contributed by atoms with E-state index in [4.69, 9.17) is 42.1 Å². The summed E-state index contributed by atoms with van der Waals surface area (Å²) in [7, 11) is 1.45. The van der Waals surface area contributed by atoms with Crippen molar-refractivity contribution in [1.29, 1.82) is 0 Å². The molecule has 0 N–H and O–H groups in total. The standard InChI is InChI=1S/C20H21Cl2NO6/c1-4-8-23-9-7-16-20(23,29-18(25)6-5-17(24)28-16)12(2)27-15-11-13(21)10-14(22)19(15)26-3/h4-6,10-12,16H,1,7-9H2,2-3H3/b6-5+. The first-order chi connectivity index (χ1) is 13.8. The molecule has 0 spiro atoms. The molecule has 3 atom stereocenters. The van der Waals surface area contributed by atoms with Crippen molar-refractivity contribution in [3.8, 4) is 11.5 Å². The normalized spacial score (nSPS) is 26.4. The lowest BCUT2D eigenvalue weighted by atomic mass is 10.00. The number of nitrogens with zero attached hydrogens (tertiary/aromatic N) is 1. The van der Waals surface area contributed by atoms with Gasteiger partial charge in [0.05, 0.1) is 12.1 Å². The van der Waals surface area contributed by atoms with E-state index >= 15 is 0 Å². The van der Waals surface area contributed by atoms with Gasteiger partial charge in [-0.3, -0.25) is 4.90 Å². The van der Waals surface area contributed by atoms with Gasteiger partial charge in [-0.25, -0.2) is 9.59 Å². The highest BCUT2D eigenvalue weighted by atomic mass is 35.5. The Balaban J connectivity index is 2.04. The minimum absolute atomic E-state index is 0.273. The number of hydrogen-bond acceptors (Lipinski definition) is 7. The minimum atomic E-state index is -1.37. The van der Waals surface area contributed by atoms with Crippen LogP contribution >= 0.6 is 23.2 Å². The second-order valence-electron chi connectivity index (χ2n) is 6.63. The van der Waals surface area contributed by atoms with E-state index in [0.717, 1.165) is 12.2 Å². The molecule has 2 heterocycles. The minimum Gasteiger partial charge on any atom is -0.491 e. The van der Waals surface area contributed by atoms with E-state index in [1.54, 1.807) is 19.1 Å². The fourth-order valence-corrected chi connectivity index (χ4v) is 4.28. The molecule has 1 fully saturated rings. The molecule has 0 aromatic heterocycles. The van der Waals surface area contributed by atoms with Gasteiger partial charge < -0.3 is 18.9 Å². The van der Waals surface area contributed by atoms with Gasteiger partial charge in [0.2, 0.25) is 5.72 Å². The molecular weight excluding hydrogens is 421 g/mol. The number of fused-ring (bicyclic) bond motifs is 1. The Morgan fingerprint density at radius 2 is 2.07 bits per heavy atom. The molecule has 2 aliphatic heterocycles. The van der Waals surface area contributed by atoms with Crippen LogP contribution in [-0.2, 0) is 19.1 Å². The summed E-state index contributed by atoms with van der Waals surface area (Å²) in [6.07, 6.45) is 2.71. The lowest BCUT2D eigenvalue weighted by molar-refractivity contribution is -0.225. The third-order valence-electron chi connectivity index (χ3n) is 4.91. The number of methoxy groups -OCH3 is 1. The summed E-state index contributed by atoms with van der Waals surface area (Å²) >= 11 is 12.3. The Morgan fingerprint density at radius 1 is 1.34 bits per heavy atom. The van der Waals surface area contributed by atoms with Gasteiger partial charge in [-0.1, -0.05) is 29.3 Å². The van der Waals surface area contributed by atoms with E-state index in [1.165, 1.54) is 13.2 Å². The second kappa shape index (κ2) is 8.65. The Morgan fingerprint density at radius 3 is 2.76 bits per heavy atom. The highest BCUT2D eigenvalue weighted by Gasteiger charge is 2.59. The first kappa shape index (κ1) is 21.5. The van der Waals surface area contributed by atoms with E-state index in [0.29, 0.717) is 24.5 Å². The van der Waals surface area contributed by atoms with E-state index in [2.05, 4.69) is 6.58 Å². The molecule has 1 saturated heterocycles. The van der Waals surface area contributed by atoms with Crippen LogP contribution in [0.1, 0.15) is 13.3 Å². The maximum Gasteiger partial charge on any atom is 0.333 e. The second-order valence-corrected chi connectivity index (χ2v) is 7.48. The third-order valence-corrected chi connectivity index (χ3v) is 5.41. The average molecular weight is 442 g/mol. The Hall–Kier alpha value is -2.22. The first-order valence-corrected chi connectivity index (χ1v) is 9.74. The molecule has 29 heavy (non-hydrogen) atoms. The molecule has 1 aromatic carbocycles. The summed E-state index contributed by atoms with van der Waals surface area (Å²) in [6.45, 7) is 6.39. The number of halogens is 2. The van der Waals surface area contributed by atoms with Crippen molar-refractivity contribution >= 4 is 35.1 Å². The van der Waals surface area contributed by atoms with Crippen molar-refractivity contribution in [3.63, 3.8) is 0 Å². The number of esters is 2. The molecular formula is C20H21Cl2NO6. The van der Waals surface area contributed by atoms with Gasteiger partial charge in [-0.05, 0) is 13.0 Å². The zero-order valence-corrected chi connectivity index (χ0v) is 17.5. The molecule has 1 aromatic rings. The highest BCUT2D eigenvalue weighted by molar-refractivity contribution is 6.35. The lowest BCUT2D eigenvalue weighted by Gasteiger charge is -2.44. The van der Waals surface area contributed by atoms with Crippen LogP contribution in [0, 0.1) is 0 Å². The summed E-state index contributed by atoms with van der Waals surface area (Å²) in [5.41, 5.74) is -1.37. The summed E-state index contributed by atoms with van der Waals surface area (Å²) in [5, 5.41) is 0.625. The Labute approximate surface area is 178 Å². The molecule has 0 aliphatic carbocycles. The lowest BCUT2D eigenvalue weighted by Crippen LogP contribution is -2.63. The Bertz CT molecular complexity index is 858. The number of hydrogen-bond donors (Lipinski definition) is 0. The molecule has 0 radical (unpaired) electrons. The summed E-state index contributed by atoms with van der Waals surface area (Å²) in [4.78, 5) is 26.3. The molecule has 3 rings (SSSR count). The fraction of sp³-hybridized carbons (Fsp3) is 0.400. The first-order valence-electron chi connectivity index (χ1n) is 8.99. The number of ether oxygens (including phenoxy) is 4. The van der Waals surface area contributed by atoms with Crippen LogP contribution in [0.5, 0.6) is 11.5 Å². The van der Waals surface area contributed by atoms with Crippen molar-refractivity contribution in [2.75, 3.05) is 20.2 Å². The molecule has 9 heteroatoms. The number of carbonyl (C=O) groups is 2. The topological polar surface area (TPSA) is 74.3 Å². The monoisotopic (exact) mass is 441 g/mol. The van der Waals surface area contributed by atoms with Crippen LogP contribution in [0.25, 0.3) is 0 Å². The maximum absolute atomic E-state index is 12.4. The van der Waals surface area contributed by atoms with Gasteiger partial charge in [0.1, 0.15) is 0 Å². The average Bonchev–Trinajstić information content (AvgIpc) is 2.96. The third kappa shape index (κ3) is 4.08. The predicted octanol–water partition coefficient (Wildman–Crippen LogP) is 3.38. The van der Waals surface area contributed by atoms with E-state index in [1.807, 2.05) is 4.90 Å². The summed E-state index contributed by atoms with van der Waals surface area (Å²) < 4.78 is 22.9. The van der Waals surface area contributed by atoms with Crippen LogP contribution in [0.3, 0.4) is 0 Å². The SMILES string of the molecule is C=CCN1CCC2OC(=O)/C=C/C(=O)OC21C(C)Oc1cc(Cl)cc(Cl)c1OC. The number of rotatable bonds is 6. The van der Waals surface area contributed by atoms with E-state index in [-0.39, 0.29) is 16.5 Å². The zero-order chi connectivity index (χ0) is 21.2. The smallest absolute Gasteiger partial charge is 0.333 e. The largest absolute Gasteiger partial charge is 0.491 e. The van der Waals surface area contributed by atoms with Crippen molar-refractivity contribution in [2.24, 2.45) is 0 Å². The van der Waals surface area contributed by atoms with Crippen LogP contribution in [0.15, 0.2) is 36.9 Å². The van der Waals surface area contributed by atoms with Crippen molar-refractivity contribution in [2.45, 2.75) is 31.3 Å². The van der Waals surface area contributed by atoms with Gasteiger partial charge in [0.15, 0.2) is 23.7 Å². The molecule has 0 bridgehead atoms. The van der Waals surface area contributed by atoms with Crippen molar-refractivity contribution < 1.29 is 28.5 Å². The van der Waals surface area contributed by atoms with Gasteiger partial charge in [0, 0.05) is 42.8 Å². The summed E-state index contributed by atoms with van der Waals surface area (Å²) in [6, 6.07) is 3.08. The fourth-order valence-electron chi connectivity index (χ4n) is 3.73. The summed E-state index contributed by atoms with van der Waals surface area (Å²) in [5.74, 6) is -0.726. The molecule has 0 amide bonds. The molecule has 2 aliphatic rings.